The molecule has 19 heavy (non-hydrogen) atoms. The van der Waals surface area contributed by atoms with Crippen LogP contribution in [0.4, 0.5) is 0 Å². The number of benzene rings is 1. The zero-order valence-electron chi connectivity index (χ0n) is 11.9. The van der Waals surface area contributed by atoms with Crippen molar-refractivity contribution in [2.45, 2.75) is 57.1 Å². The molecule has 1 saturated carbocycles. The fraction of sp³-hybridized carbons (Fsp3) is 0.600. The molecule has 4 heteroatoms. The summed E-state index contributed by atoms with van der Waals surface area (Å²) in [6.07, 6.45) is 1.14. The summed E-state index contributed by atoms with van der Waals surface area (Å²) in [5.41, 5.74) is 0.874. The zero-order chi connectivity index (χ0) is 13.8. The Balaban J connectivity index is 1.70. The Labute approximate surface area is 120 Å². The molecule has 0 radical (unpaired) electrons. The second-order valence-corrected chi connectivity index (χ2v) is 7.12. The smallest absolute Gasteiger partial charge is 0.403 e. The Kier molecular flexibility index (Phi) is 3.01. The monoisotopic (exact) mass is 278 g/mol. The van der Waals surface area contributed by atoms with E-state index in [0.717, 1.165) is 11.4 Å². The van der Waals surface area contributed by atoms with Gasteiger partial charge in [0.15, 0.2) is 0 Å². The Hall–Kier alpha value is -0.505. The Morgan fingerprint density at radius 3 is 2.11 bits per heavy atom. The number of hydrogen-bond donors (Lipinski definition) is 0. The molecule has 3 rings (SSSR count). The van der Waals surface area contributed by atoms with E-state index in [4.69, 9.17) is 20.9 Å². The van der Waals surface area contributed by atoms with Gasteiger partial charge in [0.2, 0.25) is 0 Å². The molecular formula is C15H20BClO2. The van der Waals surface area contributed by atoms with Crippen LogP contribution in [-0.4, -0.2) is 18.3 Å². The van der Waals surface area contributed by atoms with Gasteiger partial charge in [-0.25, -0.2) is 0 Å². The van der Waals surface area contributed by atoms with Crippen LogP contribution in [0, 0.1) is 0 Å². The van der Waals surface area contributed by atoms with Gasteiger partial charge < -0.3 is 9.31 Å². The molecule has 2 atom stereocenters. The van der Waals surface area contributed by atoms with Gasteiger partial charge in [-0.05, 0) is 57.7 Å². The van der Waals surface area contributed by atoms with Crippen LogP contribution in [0.1, 0.15) is 45.6 Å². The van der Waals surface area contributed by atoms with Gasteiger partial charge in [-0.1, -0.05) is 23.7 Å². The summed E-state index contributed by atoms with van der Waals surface area (Å²) in [4.78, 5) is 0. The molecule has 1 unspecified atom stereocenters. The lowest BCUT2D eigenvalue weighted by Crippen LogP contribution is -2.41. The summed E-state index contributed by atoms with van der Waals surface area (Å²) < 4.78 is 12.2. The van der Waals surface area contributed by atoms with E-state index >= 15 is 0 Å². The molecule has 0 N–H and O–H groups in total. The number of rotatable bonds is 2. The third-order valence-corrected chi connectivity index (χ3v) is 5.01. The Morgan fingerprint density at radius 2 is 1.58 bits per heavy atom. The minimum Gasteiger partial charge on any atom is -0.403 e. The van der Waals surface area contributed by atoms with E-state index in [1.807, 2.05) is 12.1 Å². The second kappa shape index (κ2) is 4.24. The van der Waals surface area contributed by atoms with Crippen LogP contribution in [0.15, 0.2) is 24.3 Å². The highest BCUT2D eigenvalue weighted by molar-refractivity contribution is 6.49. The average Bonchev–Trinajstić information content (AvgIpc) is 3.04. The van der Waals surface area contributed by atoms with Crippen molar-refractivity contribution in [1.82, 2.24) is 0 Å². The zero-order valence-corrected chi connectivity index (χ0v) is 12.7. The fourth-order valence-corrected chi connectivity index (χ4v) is 2.80. The standard InChI is InChI=1S/C15H20BClO2/c1-14(2)15(3,4)19-16(18-14)13-9-12(13)10-5-7-11(17)8-6-10/h5-8,12-13H,9H2,1-4H3/t12?,13-/m1/s1. The third-order valence-electron chi connectivity index (χ3n) is 4.76. The molecule has 2 fully saturated rings. The molecule has 0 aromatic heterocycles. The SMILES string of the molecule is CC1(C)OB([C@@H]2CC2c2ccc(Cl)cc2)OC1(C)C. The maximum absolute atomic E-state index is 6.12. The Morgan fingerprint density at radius 1 is 1.05 bits per heavy atom. The van der Waals surface area contributed by atoms with Gasteiger partial charge in [-0.2, -0.15) is 0 Å². The molecule has 1 aliphatic carbocycles. The first kappa shape index (κ1) is 13.5. The average molecular weight is 279 g/mol. The van der Waals surface area contributed by atoms with E-state index in [9.17, 15) is 0 Å². The van der Waals surface area contributed by atoms with E-state index in [0.29, 0.717) is 11.7 Å². The van der Waals surface area contributed by atoms with Crippen molar-refractivity contribution >= 4 is 18.7 Å². The Bertz CT molecular complexity index is 467. The molecule has 1 aliphatic heterocycles. The van der Waals surface area contributed by atoms with Crippen molar-refractivity contribution in [3.8, 4) is 0 Å². The van der Waals surface area contributed by atoms with Gasteiger partial charge in [-0.3, -0.25) is 0 Å². The molecule has 0 bridgehead atoms. The molecule has 2 aliphatic rings. The lowest BCUT2D eigenvalue weighted by molar-refractivity contribution is 0.00578. The maximum Gasteiger partial charge on any atom is 0.461 e. The maximum atomic E-state index is 6.12. The summed E-state index contributed by atoms with van der Waals surface area (Å²) in [6, 6.07) is 8.13. The van der Waals surface area contributed by atoms with Gasteiger partial charge in [0.05, 0.1) is 11.2 Å². The number of hydrogen-bond acceptors (Lipinski definition) is 2. The summed E-state index contributed by atoms with van der Waals surface area (Å²) in [6.45, 7) is 8.42. The van der Waals surface area contributed by atoms with Crippen LogP contribution in [-0.2, 0) is 9.31 Å². The molecule has 0 spiro atoms. The highest BCUT2D eigenvalue weighted by Gasteiger charge is 2.59. The molecule has 1 saturated heterocycles. The van der Waals surface area contributed by atoms with Gasteiger partial charge in [0.25, 0.3) is 0 Å². The van der Waals surface area contributed by atoms with Crippen molar-refractivity contribution in [3.63, 3.8) is 0 Å². The van der Waals surface area contributed by atoms with E-state index in [-0.39, 0.29) is 18.3 Å². The highest BCUT2D eigenvalue weighted by atomic mass is 35.5. The molecule has 0 amide bonds. The fourth-order valence-electron chi connectivity index (χ4n) is 2.67. The molecule has 2 nitrogen and oxygen atoms in total. The summed E-state index contributed by atoms with van der Waals surface area (Å²) in [7, 11) is -0.0781. The van der Waals surface area contributed by atoms with Crippen LogP contribution in [0.3, 0.4) is 0 Å². The highest BCUT2D eigenvalue weighted by Crippen LogP contribution is 2.58. The molecule has 1 heterocycles. The van der Waals surface area contributed by atoms with E-state index in [1.165, 1.54) is 5.56 Å². The van der Waals surface area contributed by atoms with Crippen LogP contribution in [0.5, 0.6) is 0 Å². The van der Waals surface area contributed by atoms with Crippen molar-refractivity contribution < 1.29 is 9.31 Å². The second-order valence-electron chi connectivity index (χ2n) is 6.68. The van der Waals surface area contributed by atoms with Gasteiger partial charge in [0, 0.05) is 10.8 Å². The molecule has 1 aromatic rings. The van der Waals surface area contributed by atoms with Gasteiger partial charge in [0.1, 0.15) is 0 Å². The predicted octanol–water partition coefficient (Wildman–Crippen LogP) is 4.29. The lowest BCUT2D eigenvalue weighted by Gasteiger charge is -2.32. The van der Waals surface area contributed by atoms with Crippen LogP contribution in [0.25, 0.3) is 0 Å². The molecule has 1 aromatic carbocycles. The summed E-state index contributed by atoms with van der Waals surface area (Å²) in [5.74, 6) is 1.02. The summed E-state index contributed by atoms with van der Waals surface area (Å²) in [5, 5.41) is 0.789. The van der Waals surface area contributed by atoms with Crippen molar-refractivity contribution in [3.05, 3.63) is 34.9 Å². The normalized spacial score (nSPS) is 31.5. The predicted molar refractivity (Wildman–Crippen MR) is 78.6 cm³/mol. The van der Waals surface area contributed by atoms with Crippen molar-refractivity contribution in [2.75, 3.05) is 0 Å². The lowest BCUT2D eigenvalue weighted by atomic mass is 9.79. The molecule has 102 valence electrons. The first-order chi connectivity index (χ1) is 8.80. The first-order valence-electron chi connectivity index (χ1n) is 6.91. The van der Waals surface area contributed by atoms with E-state index < -0.39 is 0 Å². The van der Waals surface area contributed by atoms with Crippen LogP contribution >= 0.6 is 11.6 Å². The minimum absolute atomic E-state index is 0.0781. The van der Waals surface area contributed by atoms with Crippen LogP contribution < -0.4 is 0 Å². The van der Waals surface area contributed by atoms with E-state index in [2.05, 4.69) is 39.8 Å². The molecular weight excluding hydrogens is 258 g/mol. The number of halogens is 1. The summed E-state index contributed by atoms with van der Waals surface area (Å²) >= 11 is 5.93. The topological polar surface area (TPSA) is 18.5 Å². The quantitative estimate of drug-likeness (QED) is 0.751. The van der Waals surface area contributed by atoms with E-state index in [1.54, 1.807) is 0 Å². The van der Waals surface area contributed by atoms with Gasteiger partial charge in [-0.15, -0.1) is 0 Å². The van der Waals surface area contributed by atoms with Gasteiger partial charge >= 0.3 is 7.12 Å². The van der Waals surface area contributed by atoms with Crippen molar-refractivity contribution in [2.24, 2.45) is 0 Å². The minimum atomic E-state index is -0.231. The van der Waals surface area contributed by atoms with Crippen molar-refractivity contribution in [1.29, 1.82) is 0 Å². The largest absolute Gasteiger partial charge is 0.461 e. The van der Waals surface area contributed by atoms with Crippen LogP contribution in [0.2, 0.25) is 10.8 Å². The third kappa shape index (κ3) is 2.33. The first-order valence-corrected chi connectivity index (χ1v) is 7.29.